The molecule has 2 heterocycles. The van der Waals surface area contributed by atoms with Gasteiger partial charge in [-0.2, -0.15) is 0 Å². The van der Waals surface area contributed by atoms with Gasteiger partial charge in [0.1, 0.15) is 4.21 Å². The largest absolute Gasteiger partial charge is 0.385 e. The van der Waals surface area contributed by atoms with E-state index >= 15 is 0 Å². The van der Waals surface area contributed by atoms with Crippen LogP contribution in [0.4, 0.5) is 10.7 Å². The van der Waals surface area contributed by atoms with Crippen LogP contribution in [0.3, 0.4) is 0 Å². The maximum absolute atomic E-state index is 12.0. The second-order valence-electron chi connectivity index (χ2n) is 3.59. The molecule has 108 valence electrons. The maximum Gasteiger partial charge on any atom is 0.304 e. The van der Waals surface area contributed by atoms with Gasteiger partial charge in [-0.25, -0.2) is 13.1 Å². The number of sulfonamides is 1. The molecule has 20 heavy (non-hydrogen) atoms. The van der Waals surface area contributed by atoms with E-state index < -0.39 is 20.6 Å². The van der Waals surface area contributed by atoms with Gasteiger partial charge in [0.2, 0.25) is 0 Å². The Morgan fingerprint density at radius 1 is 1.50 bits per heavy atom. The molecule has 0 radical (unpaired) electrons. The maximum atomic E-state index is 12.0. The molecule has 11 heteroatoms. The van der Waals surface area contributed by atoms with Gasteiger partial charge < -0.3 is 5.73 Å². The van der Waals surface area contributed by atoms with E-state index in [1.54, 1.807) is 0 Å². The Bertz CT molecular complexity index is 752. The van der Waals surface area contributed by atoms with E-state index in [1.165, 1.54) is 11.3 Å². The number of nitrogen functional groups attached to an aromatic ring is 1. The van der Waals surface area contributed by atoms with Gasteiger partial charge in [0, 0.05) is 22.0 Å². The number of nitrogens with zero attached hydrogens (tertiary/aromatic N) is 1. The predicted octanol–water partition coefficient (Wildman–Crippen LogP) is 2.54. The number of nitro groups is 1. The molecular formula is C9H8BrN3O4S3. The molecule has 0 atom stereocenters. The second kappa shape index (κ2) is 5.77. The number of hydrogen-bond donors (Lipinski definition) is 2. The Balaban J connectivity index is 2.20. The Hall–Kier alpha value is -1.01. The molecule has 0 aliphatic rings. The summed E-state index contributed by atoms with van der Waals surface area (Å²) in [6, 6.07) is 2.77. The number of hydrogen-bond acceptors (Lipinski definition) is 7. The Labute approximate surface area is 130 Å². The number of rotatable bonds is 5. The first-order chi connectivity index (χ1) is 9.31. The van der Waals surface area contributed by atoms with Gasteiger partial charge in [-0.3, -0.25) is 10.1 Å². The summed E-state index contributed by atoms with van der Waals surface area (Å²) in [5, 5.41) is 12.4. The zero-order valence-electron chi connectivity index (χ0n) is 9.70. The van der Waals surface area contributed by atoms with E-state index in [0.717, 1.165) is 15.4 Å². The summed E-state index contributed by atoms with van der Waals surface area (Å²) in [6.45, 7) is 0.103. The van der Waals surface area contributed by atoms with Crippen molar-refractivity contribution in [3.63, 3.8) is 0 Å². The molecule has 0 saturated heterocycles. The first-order valence-electron chi connectivity index (χ1n) is 5.06. The Morgan fingerprint density at radius 3 is 2.70 bits per heavy atom. The fraction of sp³-hybridized carbons (Fsp3) is 0.111. The lowest BCUT2D eigenvalue weighted by Gasteiger charge is -2.03. The molecule has 0 fully saturated rings. The number of nitrogens with two attached hydrogens (primary N) is 1. The number of nitrogens with one attached hydrogen (secondary N) is 1. The molecule has 0 spiro atoms. The highest BCUT2D eigenvalue weighted by Gasteiger charge is 2.24. The molecule has 0 aromatic carbocycles. The summed E-state index contributed by atoms with van der Waals surface area (Å²) < 4.78 is 27.1. The van der Waals surface area contributed by atoms with Crippen molar-refractivity contribution in [1.29, 1.82) is 0 Å². The van der Waals surface area contributed by atoms with Crippen molar-refractivity contribution in [3.8, 4) is 0 Å². The van der Waals surface area contributed by atoms with E-state index in [2.05, 4.69) is 20.7 Å². The van der Waals surface area contributed by atoms with Crippen LogP contribution in [0.1, 0.15) is 4.88 Å². The number of halogens is 1. The first-order valence-corrected chi connectivity index (χ1v) is 9.03. The predicted molar refractivity (Wildman–Crippen MR) is 81.4 cm³/mol. The molecule has 2 aromatic heterocycles. The molecule has 0 unspecified atom stereocenters. The topological polar surface area (TPSA) is 115 Å². The lowest BCUT2D eigenvalue weighted by molar-refractivity contribution is -0.383. The summed E-state index contributed by atoms with van der Waals surface area (Å²) in [5.41, 5.74) is 5.04. The third-order valence-corrected chi connectivity index (χ3v) is 7.05. The smallest absolute Gasteiger partial charge is 0.304 e. The minimum Gasteiger partial charge on any atom is -0.385 e. The van der Waals surface area contributed by atoms with Gasteiger partial charge >= 0.3 is 5.69 Å². The zero-order valence-corrected chi connectivity index (χ0v) is 13.7. The quantitative estimate of drug-likeness (QED) is 0.593. The zero-order chi connectivity index (χ0) is 14.9. The molecule has 7 nitrogen and oxygen atoms in total. The van der Waals surface area contributed by atoms with E-state index in [0.29, 0.717) is 11.3 Å². The SMILES string of the molecule is Nc1sc(S(=O)(=O)NCc2sccc2Br)cc1[N+](=O)[O-]. The third-order valence-electron chi connectivity index (χ3n) is 2.29. The molecular weight excluding hydrogens is 390 g/mol. The highest BCUT2D eigenvalue weighted by atomic mass is 79.9. The van der Waals surface area contributed by atoms with Crippen LogP contribution in [-0.2, 0) is 16.6 Å². The van der Waals surface area contributed by atoms with Crippen LogP contribution >= 0.6 is 38.6 Å². The van der Waals surface area contributed by atoms with Gasteiger partial charge in [-0.1, -0.05) is 11.3 Å². The van der Waals surface area contributed by atoms with Crippen LogP contribution in [0.5, 0.6) is 0 Å². The van der Waals surface area contributed by atoms with Crippen molar-refractivity contribution in [1.82, 2.24) is 4.72 Å². The van der Waals surface area contributed by atoms with Crippen molar-refractivity contribution < 1.29 is 13.3 Å². The summed E-state index contributed by atoms with van der Waals surface area (Å²) in [5.74, 6) is 0. The monoisotopic (exact) mass is 397 g/mol. The van der Waals surface area contributed by atoms with Gasteiger partial charge in [-0.05, 0) is 27.4 Å². The summed E-state index contributed by atoms with van der Waals surface area (Å²) >= 11 is 5.36. The number of anilines is 1. The molecule has 2 rings (SSSR count). The van der Waals surface area contributed by atoms with Crippen LogP contribution < -0.4 is 10.5 Å². The van der Waals surface area contributed by atoms with Gasteiger partial charge in [0.25, 0.3) is 10.0 Å². The van der Waals surface area contributed by atoms with Gasteiger partial charge in [0.15, 0.2) is 5.00 Å². The van der Waals surface area contributed by atoms with Crippen LogP contribution in [-0.4, -0.2) is 13.3 Å². The van der Waals surface area contributed by atoms with Crippen molar-refractivity contribution >= 4 is 59.3 Å². The highest BCUT2D eigenvalue weighted by Crippen LogP contribution is 2.34. The van der Waals surface area contributed by atoms with Crippen LogP contribution in [0, 0.1) is 10.1 Å². The normalized spacial score (nSPS) is 11.7. The molecule has 3 N–H and O–H groups in total. The molecule has 0 saturated carbocycles. The highest BCUT2D eigenvalue weighted by molar-refractivity contribution is 9.10. The Kier molecular flexibility index (Phi) is 4.44. The summed E-state index contributed by atoms with van der Waals surface area (Å²) in [6.07, 6.45) is 0. The van der Waals surface area contributed by atoms with E-state index in [4.69, 9.17) is 5.73 Å². The molecule has 2 aromatic rings. The van der Waals surface area contributed by atoms with Crippen molar-refractivity contribution in [2.45, 2.75) is 10.8 Å². The van der Waals surface area contributed by atoms with Gasteiger partial charge in [-0.15, -0.1) is 11.3 Å². The second-order valence-corrected chi connectivity index (χ2v) is 8.52. The molecule has 0 amide bonds. The fourth-order valence-electron chi connectivity index (χ4n) is 1.33. The van der Waals surface area contributed by atoms with Crippen LogP contribution in [0.15, 0.2) is 26.2 Å². The van der Waals surface area contributed by atoms with E-state index in [-0.39, 0.29) is 15.8 Å². The fourth-order valence-corrected chi connectivity index (χ4v) is 5.11. The molecule has 0 bridgehead atoms. The average molecular weight is 398 g/mol. The third kappa shape index (κ3) is 3.17. The lowest BCUT2D eigenvalue weighted by atomic mass is 10.5. The minimum atomic E-state index is -3.82. The number of thiophene rings is 2. The van der Waals surface area contributed by atoms with Crippen molar-refractivity contribution in [2.24, 2.45) is 0 Å². The summed E-state index contributed by atoms with van der Waals surface area (Å²) in [7, 11) is -3.82. The minimum absolute atomic E-state index is 0.103. The standard InChI is InChI=1S/C9H8BrN3O4S3/c10-5-1-2-18-7(5)4-12-20(16,17)8-3-6(13(14)15)9(11)19-8/h1-3,12H,4,11H2. The average Bonchev–Trinajstić information content (AvgIpc) is 2.93. The van der Waals surface area contributed by atoms with Gasteiger partial charge in [0.05, 0.1) is 4.92 Å². The first kappa shape index (κ1) is 15.4. The van der Waals surface area contributed by atoms with Crippen molar-refractivity contribution in [2.75, 3.05) is 5.73 Å². The summed E-state index contributed by atoms with van der Waals surface area (Å²) in [4.78, 5) is 10.8. The van der Waals surface area contributed by atoms with Crippen LogP contribution in [0.2, 0.25) is 0 Å². The molecule has 0 aliphatic carbocycles. The van der Waals surface area contributed by atoms with Crippen molar-refractivity contribution in [3.05, 3.63) is 37.0 Å². The molecule has 0 aliphatic heterocycles. The Morgan fingerprint density at radius 2 is 2.20 bits per heavy atom. The lowest BCUT2D eigenvalue weighted by Crippen LogP contribution is -2.22. The van der Waals surface area contributed by atoms with E-state index in [9.17, 15) is 18.5 Å². The van der Waals surface area contributed by atoms with E-state index in [1.807, 2.05) is 11.4 Å². The van der Waals surface area contributed by atoms with Crippen LogP contribution in [0.25, 0.3) is 0 Å².